The quantitative estimate of drug-likeness (QED) is 0.772. The summed E-state index contributed by atoms with van der Waals surface area (Å²) in [6, 6.07) is 7.05. The fourth-order valence-corrected chi connectivity index (χ4v) is 5.08. The van der Waals surface area contributed by atoms with Crippen LogP contribution in [0, 0.1) is 12.3 Å². The molecule has 1 aromatic rings. The van der Waals surface area contributed by atoms with Crippen LogP contribution < -0.4 is 5.32 Å². The SMILES string of the molecule is Cc1ccc(C2(C)NC(=O)N(CC(=O)N3CCCC4(CCN(C)CC4)C3)C2=O)cc1. The molecule has 3 fully saturated rings. The molecule has 4 rings (SSSR count). The minimum Gasteiger partial charge on any atom is -0.341 e. The smallest absolute Gasteiger partial charge is 0.325 e. The van der Waals surface area contributed by atoms with Crippen molar-refractivity contribution in [3.8, 4) is 0 Å². The number of urea groups is 1. The summed E-state index contributed by atoms with van der Waals surface area (Å²) >= 11 is 0. The number of carbonyl (C=O) groups excluding carboxylic acids is 3. The zero-order valence-electron chi connectivity index (χ0n) is 18.2. The molecule has 162 valence electrons. The van der Waals surface area contributed by atoms with Gasteiger partial charge in [0.2, 0.25) is 5.91 Å². The Morgan fingerprint density at radius 3 is 2.40 bits per heavy atom. The number of piperidine rings is 2. The van der Waals surface area contributed by atoms with Gasteiger partial charge in [-0.1, -0.05) is 29.8 Å². The third kappa shape index (κ3) is 3.71. The van der Waals surface area contributed by atoms with Crippen LogP contribution in [0.5, 0.6) is 0 Å². The second-order valence-electron chi connectivity index (χ2n) is 9.53. The first-order chi connectivity index (χ1) is 14.2. The molecule has 1 unspecified atom stereocenters. The maximum absolute atomic E-state index is 13.1. The van der Waals surface area contributed by atoms with Gasteiger partial charge in [0.25, 0.3) is 5.91 Å². The summed E-state index contributed by atoms with van der Waals surface area (Å²) in [5.41, 5.74) is 0.861. The first-order valence-electron chi connectivity index (χ1n) is 10.9. The molecule has 1 spiro atoms. The van der Waals surface area contributed by atoms with E-state index >= 15 is 0 Å². The predicted octanol–water partition coefficient (Wildman–Crippen LogP) is 2.10. The van der Waals surface area contributed by atoms with Gasteiger partial charge >= 0.3 is 6.03 Å². The Hall–Kier alpha value is -2.41. The summed E-state index contributed by atoms with van der Waals surface area (Å²) < 4.78 is 0. The van der Waals surface area contributed by atoms with Crippen molar-refractivity contribution in [2.45, 2.75) is 45.1 Å². The van der Waals surface area contributed by atoms with Crippen LogP contribution in [0.1, 0.15) is 43.7 Å². The molecule has 7 nitrogen and oxygen atoms in total. The van der Waals surface area contributed by atoms with Crippen LogP contribution in [0.15, 0.2) is 24.3 Å². The van der Waals surface area contributed by atoms with Crippen molar-refractivity contribution in [1.29, 1.82) is 0 Å². The van der Waals surface area contributed by atoms with Gasteiger partial charge in [0.15, 0.2) is 0 Å². The molecule has 7 heteroatoms. The molecule has 3 aliphatic heterocycles. The van der Waals surface area contributed by atoms with E-state index in [4.69, 9.17) is 0 Å². The molecule has 4 amide bonds. The highest BCUT2D eigenvalue weighted by molar-refractivity contribution is 6.09. The first-order valence-corrected chi connectivity index (χ1v) is 10.9. The Bertz CT molecular complexity index is 845. The Kier molecular flexibility index (Phi) is 5.34. The zero-order chi connectivity index (χ0) is 21.5. The molecule has 30 heavy (non-hydrogen) atoms. The molecule has 3 saturated heterocycles. The molecule has 3 heterocycles. The summed E-state index contributed by atoms with van der Waals surface area (Å²) in [4.78, 5) is 44.1. The topological polar surface area (TPSA) is 73.0 Å². The second-order valence-corrected chi connectivity index (χ2v) is 9.53. The number of hydrogen-bond donors (Lipinski definition) is 1. The van der Waals surface area contributed by atoms with E-state index in [9.17, 15) is 14.4 Å². The van der Waals surface area contributed by atoms with Crippen LogP contribution >= 0.6 is 0 Å². The van der Waals surface area contributed by atoms with E-state index in [0.717, 1.165) is 61.3 Å². The molecule has 3 aliphatic rings. The number of nitrogens with one attached hydrogen (secondary N) is 1. The summed E-state index contributed by atoms with van der Waals surface area (Å²) in [7, 11) is 2.14. The number of hydrogen-bond acceptors (Lipinski definition) is 4. The van der Waals surface area contributed by atoms with Crippen LogP contribution in [0.2, 0.25) is 0 Å². The number of nitrogens with zero attached hydrogens (tertiary/aromatic N) is 3. The van der Waals surface area contributed by atoms with Crippen LogP contribution in [0.25, 0.3) is 0 Å². The van der Waals surface area contributed by atoms with Crippen molar-refractivity contribution < 1.29 is 14.4 Å². The van der Waals surface area contributed by atoms with E-state index < -0.39 is 11.6 Å². The van der Waals surface area contributed by atoms with Gasteiger partial charge in [-0.2, -0.15) is 0 Å². The zero-order valence-corrected chi connectivity index (χ0v) is 18.2. The van der Waals surface area contributed by atoms with E-state index in [1.165, 1.54) is 0 Å². The minimum atomic E-state index is -1.14. The molecule has 0 radical (unpaired) electrons. The van der Waals surface area contributed by atoms with Gasteiger partial charge in [-0.25, -0.2) is 4.79 Å². The molecular formula is C23H32N4O3. The highest BCUT2D eigenvalue weighted by Gasteiger charge is 2.50. The lowest BCUT2D eigenvalue weighted by atomic mass is 9.72. The van der Waals surface area contributed by atoms with Gasteiger partial charge in [0.05, 0.1) is 0 Å². The summed E-state index contributed by atoms with van der Waals surface area (Å²) in [5, 5.41) is 2.80. The molecule has 1 aromatic carbocycles. The maximum Gasteiger partial charge on any atom is 0.325 e. The number of imide groups is 1. The average molecular weight is 413 g/mol. The van der Waals surface area contributed by atoms with E-state index in [1.54, 1.807) is 6.92 Å². The number of aryl methyl sites for hydroxylation is 1. The average Bonchev–Trinajstić information content (AvgIpc) is 2.95. The lowest BCUT2D eigenvalue weighted by Crippen LogP contribution is -2.53. The van der Waals surface area contributed by atoms with E-state index in [2.05, 4.69) is 17.3 Å². The van der Waals surface area contributed by atoms with Crippen molar-refractivity contribution in [1.82, 2.24) is 20.0 Å². The van der Waals surface area contributed by atoms with Gasteiger partial charge < -0.3 is 15.1 Å². The first kappa shape index (κ1) is 20.8. The highest BCUT2D eigenvalue weighted by Crippen LogP contribution is 2.39. The van der Waals surface area contributed by atoms with Gasteiger partial charge in [-0.05, 0) is 70.6 Å². The number of rotatable bonds is 3. The van der Waals surface area contributed by atoms with Crippen molar-refractivity contribution in [3.05, 3.63) is 35.4 Å². The minimum absolute atomic E-state index is 0.135. The predicted molar refractivity (Wildman–Crippen MR) is 114 cm³/mol. The van der Waals surface area contributed by atoms with Gasteiger partial charge in [0.1, 0.15) is 12.1 Å². The number of benzene rings is 1. The van der Waals surface area contributed by atoms with Crippen LogP contribution in [0.4, 0.5) is 4.79 Å². The van der Waals surface area contributed by atoms with E-state index in [1.807, 2.05) is 36.1 Å². The van der Waals surface area contributed by atoms with Crippen molar-refractivity contribution >= 4 is 17.8 Å². The number of carbonyl (C=O) groups is 3. The lowest BCUT2D eigenvalue weighted by molar-refractivity contribution is -0.141. The summed E-state index contributed by atoms with van der Waals surface area (Å²) in [6.45, 7) is 7.04. The highest BCUT2D eigenvalue weighted by atomic mass is 16.2. The fourth-order valence-electron chi connectivity index (χ4n) is 5.08. The molecular weight excluding hydrogens is 380 g/mol. The van der Waals surface area contributed by atoms with Gasteiger partial charge in [0, 0.05) is 13.1 Å². The molecule has 1 atom stereocenters. The van der Waals surface area contributed by atoms with Gasteiger partial charge in [-0.3, -0.25) is 14.5 Å². The van der Waals surface area contributed by atoms with Gasteiger partial charge in [-0.15, -0.1) is 0 Å². The molecule has 0 saturated carbocycles. The molecule has 0 aliphatic carbocycles. The Morgan fingerprint density at radius 2 is 1.73 bits per heavy atom. The largest absolute Gasteiger partial charge is 0.341 e. The third-order valence-electron chi connectivity index (χ3n) is 7.26. The van der Waals surface area contributed by atoms with Crippen LogP contribution in [0.3, 0.4) is 0 Å². The molecule has 0 bridgehead atoms. The number of amides is 4. The Morgan fingerprint density at radius 1 is 1.07 bits per heavy atom. The van der Waals surface area contributed by atoms with Crippen molar-refractivity contribution in [2.75, 3.05) is 39.8 Å². The van der Waals surface area contributed by atoms with E-state index in [-0.39, 0.29) is 23.8 Å². The van der Waals surface area contributed by atoms with E-state index in [0.29, 0.717) is 6.54 Å². The molecule has 0 aromatic heterocycles. The standard InChI is InChI=1S/C23H32N4O3/c1-17-5-7-18(8-6-17)22(2)20(29)27(21(30)24-22)15-19(28)26-12-4-9-23(16-26)10-13-25(3)14-11-23/h5-8H,4,9-16H2,1-3H3,(H,24,30). The molecule has 1 N–H and O–H groups in total. The lowest BCUT2D eigenvalue weighted by Gasteiger charge is -2.47. The summed E-state index contributed by atoms with van der Waals surface area (Å²) in [6.07, 6.45) is 4.33. The number of likely N-dealkylation sites (tertiary alicyclic amines) is 2. The van der Waals surface area contributed by atoms with Crippen molar-refractivity contribution in [3.63, 3.8) is 0 Å². The second kappa shape index (κ2) is 7.69. The van der Waals surface area contributed by atoms with Crippen LogP contribution in [-0.2, 0) is 15.1 Å². The monoisotopic (exact) mass is 412 g/mol. The normalized spacial score (nSPS) is 26.9. The summed E-state index contributed by atoms with van der Waals surface area (Å²) in [5.74, 6) is -0.500. The van der Waals surface area contributed by atoms with Crippen molar-refractivity contribution in [2.24, 2.45) is 5.41 Å². The fraction of sp³-hybridized carbons (Fsp3) is 0.609. The Balaban J connectivity index is 1.44. The maximum atomic E-state index is 13.1. The third-order valence-corrected chi connectivity index (χ3v) is 7.26. The van der Waals surface area contributed by atoms with Crippen LogP contribution in [-0.4, -0.2) is 72.3 Å². The Labute approximate surface area is 178 Å².